The molecule has 1 aromatic carbocycles. The number of hydrogen-bond donors (Lipinski definition) is 2. The Kier molecular flexibility index (Phi) is 4.13. The quantitative estimate of drug-likeness (QED) is 0.601. The van der Waals surface area contributed by atoms with Gasteiger partial charge in [0.05, 0.1) is 9.09 Å². The van der Waals surface area contributed by atoms with Crippen molar-refractivity contribution >= 4 is 51.0 Å². The molecule has 1 saturated heterocycles. The first kappa shape index (κ1) is 15.2. The molecule has 3 aromatic rings. The summed E-state index contributed by atoms with van der Waals surface area (Å²) in [5, 5.41) is 5.41. The molecule has 0 bridgehead atoms. The topological polar surface area (TPSA) is 56.8 Å². The summed E-state index contributed by atoms with van der Waals surface area (Å²) in [7, 11) is 0. The van der Waals surface area contributed by atoms with Crippen molar-refractivity contribution in [2.24, 2.45) is 0 Å². The molecule has 3 heterocycles. The number of H-pyrrole nitrogens is 1. The number of benzene rings is 1. The molecular formula is C16H15ClIN5. The lowest BCUT2D eigenvalue weighted by atomic mass is 10.0. The van der Waals surface area contributed by atoms with Crippen molar-refractivity contribution in [3.05, 3.63) is 50.9 Å². The van der Waals surface area contributed by atoms with Crippen LogP contribution in [0.4, 0.5) is 5.82 Å². The van der Waals surface area contributed by atoms with Crippen molar-refractivity contribution in [1.29, 1.82) is 0 Å². The third-order valence-electron chi connectivity index (χ3n) is 4.12. The van der Waals surface area contributed by atoms with E-state index in [0.717, 1.165) is 45.2 Å². The van der Waals surface area contributed by atoms with Crippen molar-refractivity contribution < 1.29 is 0 Å². The minimum Gasteiger partial charge on any atom is -0.353 e. The molecule has 0 radical (unpaired) electrons. The van der Waals surface area contributed by atoms with E-state index in [4.69, 9.17) is 11.6 Å². The largest absolute Gasteiger partial charge is 0.353 e. The Hall–Kier alpha value is -1.38. The molecule has 1 atom stereocenters. The van der Waals surface area contributed by atoms with Crippen LogP contribution >= 0.6 is 34.2 Å². The highest BCUT2D eigenvalue weighted by Crippen LogP contribution is 2.28. The summed E-state index contributed by atoms with van der Waals surface area (Å²) < 4.78 is 1.07. The Morgan fingerprint density at radius 3 is 2.87 bits per heavy atom. The Balaban J connectivity index is 1.65. The molecule has 2 N–H and O–H groups in total. The molecule has 118 valence electrons. The number of rotatable bonds is 2. The van der Waals surface area contributed by atoms with Gasteiger partial charge in [-0.15, -0.1) is 0 Å². The molecule has 7 heteroatoms. The van der Waals surface area contributed by atoms with Crippen molar-refractivity contribution in [2.75, 3.05) is 24.5 Å². The van der Waals surface area contributed by atoms with Crippen LogP contribution in [0.5, 0.6) is 0 Å². The molecule has 1 aliphatic heterocycles. The zero-order valence-electron chi connectivity index (χ0n) is 12.3. The molecule has 1 unspecified atom stereocenters. The standard InChI is InChI=1S/C16H15ClIN5/c17-11-3-1-10(2-4-11)13-8-23(6-5-19-13)16-12-7-14(18)22-15(12)20-9-21-16/h1-4,7,9,13,19H,5-6,8H2,(H,20,21,22). The van der Waals surface area contributed by atoms with Gasteiger partial charge in [0.1, 0.15) is 17.8 Å². The average molecular weight is 440 g/mol. The fraction of sp³-hybridized carbons (Fsp3) is 0.250. The van der Waals surface area contributed by atoms with E-state index < -0.39 is 0 Å². The zero-order valence-corrected chi connectivity index (χ0v) is 15.2. The molecule has 2 aromatic heterocycles. The second kappa shape index (κ2) is 6.26. The van der Waals surface area contributed by atoms with Gasteiger partial charge in [-0.1, -0.05) is 23.7 Å². The normalized spacial score (nSPS) is 18.5. The lowest BCUT2D eigenvalue weighted by Crippen LogP contribution is -2.46. The number of fused-ring (bicyclic) bond motifs is 1. The van der Waals surface area contributed by atoms with E-state index in [2.05, 4.69) is 66.0 Å². The molecule has 0 spiro atoms. The molecule has 0 amide bonds. The van der Waals surface area contributed by atoms with Crippen molar-refractivity contribution in [3.63, 3.8) is 0 Å². The number of aromatic nitrogens is 3. The maximum absolute atomic E-state index is 5.99. The highest BCUT2D eigenvalue weighted by atomic mass is 127. The van der Waals surface area contributed by atoms with Crippen LogP contribution in [0.2, 0.25) is 5.02 Å². The fourth-order valence-electron chi connectivity index (χ4n) is 3.01. The van der Waals surface area contributed by atoms with Gasteiger partial charge in [0.2, 0.25) is 0 Å². The smallest absolute Gasteiger partial charge is 0.143 e. The molecular weight excluding hydrogens is 425 g/mol. The summed E-state index contributed by atoms with van der Waals surface area (Å²) >= 11 is 8.26. The van der Waals surface area contributed by atoms with Crippen LogP contribution in [0.25, 0.3) is 11.0 Å². The minimum atomic E-state index is 0.268. The van der Waals surface area contributed by atoms with Crippen LogP contribution in [-0.4, -0.2) is 34.6 Å². The minimum absolute atomic E-state index is 0.268. The van der Waals surface area contributed by atoms with E-state index in [1.54, 1.807) is 6.33 Å². The third-order valence-corrected chi connectivity index (χ3v) is 4.95. The monoisotopic (exact) mass is 439 g/mol. The number of halogens is 2. The van der Waals surface area contributed by atoms with Crippen molar-refractivity contribution in [3.8, 4) is 0 Å². The third kappa shape index (κ3) is 3.02. The molecule has 1 fully saturated rings. The van der Waals surface area contributed by atoms with E-state index >= 15 is 0 Å². The van der Waals surface area contributed by atoms with Gasteiger partial charge in [-0.3, -0.25) is 0 Å². The SMILES string of the molecule is Clc1ccc(C2CN(c3ncnc4[nH]c(I)cc34)CCN2)cc1. The Morgan fingerprint density at radius 1 is 1.22 bits per heavy atom. The number of piperazine rings is 1. The highest BCUT2D eigenvalue weighted by molar-refractivity contribution is 14.1. The van der Waals surface area contributed by atoms with Crippen LogP contribution in [0.1, 0.15) is 11.6 Å². The second-order valence-corrected chi connectivity index (χ2v) is 7.18. The summed E-state index contributed by atoms with van der Waals surface area (Å²) in [5.74, 6) is 0.995. The van der Waals surface area contributed by atoms with Gasteiger partial charge in [0.25, 0.3) is 0 Å². The van der Waals surface area contributed by atoms with Crippen LogP contribution in [0.15, 0.2) is 36.7 Å². The van der Waals surface area contributed by atoms with Crippen LogP contribution in [0, 0.1) is 3.70 Å². The lowest BCUT2D eigenvalue weighted by molar-refractivity contribution is 0.470. The predicted molar refractivity (Wildman–Crippen MR) is 101 cm³/mol. The maximum atomic E-state index is 5.99. The maximum Gasteiger partial charge on any atom is 0.143 e. The molecule has 0 saturated carbocycles. The first-order chi connectivity index (χ1) is 11.2. The van der Waals surface area contributed by atoms with Gasteiger partial charge in [-0.05, 0) is 46.4 Å². The van der Waals surface area contributed by atoms with E-state index in [0.29, 0.717) is 0 Å². The zero-order chi connectivity index (χ0) is 15.8. The second-order valence-electron chi connectivity index (χ2n) is 5.58. The Bertz CT molecular complexity index is 832. The van der Waals surface area contributed by atoms with Crippen LogP contribution < -0.4 is 10.2 Å². The predicted octanol–water partition coefficient (Wildman–Crippen LogP) is 3.37. The number of nitrogens with zero attached hydrogens (tertiary/aromatic N) is 3. The summed E-state index contributed by atoms with van der Waals surface area (Å²) in [6.07, 6.45) is 1.63. The van der Waals surface area contributed by atoms with Crippen molar-refractivity contribution in [1.82, 2.24) is 20.3 Å². The fourth-order valence-corrected chi connectivity index (χ4v) is 3.70. The van der Waals surface area contributed by atoms with Gasteiger partial charge in [0.15, 0.2) is 0 Å². The summed E-state index contributed by atoms with van der Waals surface area (Å²) in [5.41, 5.74) is 2.13. The van der Waals surface area contributed by atoms with E-state index in [1.807, 2.05) is 12.1 Å². The number of anilines is 1. The first-order valence-electron chi connectivity index (χ1n) is 7.44. The van der Waals surface area contributed by atoms with Gasteiger partial charge in [-0.25, -0.2) is 9.97 Å². The number of aromatic amines is 1. The van der Waals surface area contributed by atoms with Gasteiger partial charge < -0.3 is 15.2 Å². The molecule has 0 aliphatic carbocycles. The summed E-state index contributed by atoms with van der Waals surface area (Å²) in [4.78, 5) is 14.4. The van der Waals surface area contributed by atoms with Crippen LogP contribution in [-0.2, 0) is 0 Å². The van der Waals surface area contributed by atoms with E-state index in [1.165, 1.54) is 5.56 Å². The number of nitrogens with one attached hydrogen (secondary N) is 2. The summed E-state index contributed by atoms with van der Waals surface area (Å²) in [6.45, 7) is 2.72. The number of hydrogen-bond acceptors (Lipinski definition) is 4. The highest BCUT2D eigenvalue weighted by Gasteiger charge is 2.23. The molecule has 1 aliphatic rings. The van der Waals surface area contributed by atoms with Gasteiger partial charge in [-0.2, -0.15) is 0 Å². The lowest BCUT2D eigenvalue weighted by Gasteiger charge is -2.35. The first-order valence-corrected chi connectivity index (χ1v) is 8.89. The van der Waals surface area contributed by atoms with Crippen LogP contribution in [0.3, 0.4) is 0 Å². The molecule has 5 nitrogen and oxygen atoms in total. The average Bonchev–Trinajstić information content (AvgIpc) is 2.95. The Labute approximate surface area is 152 Å². The van der Waals surface area contributed by atoms with Crippen molar-refractivity contribution in [2.45, 2.75) is 6.04 Å². The molecule has 4 rings (SSSR count). The summed E-state index contributed by atoms with van der Waals surface area (Å²) in [6, 6.07) is 10.4. The molecule has 23 heavy (non-hydrogen) atoms. The van der Waals surface area contributed by atoms with Gasteiger partial charge >= 0.3 is 0 Å². The Morgan fingerprint density at radius 2 is 2.04 bits per heavy atom. The van der Waals surface area contributed by atoms with E-state index in [-0.39, 0.29) is 6.04 Å². The van der Waals surface area contributed by atoms with Gasteiger partial charge in [0, 0.05) is 30.7 Å². The van der Waals surface area contributed by atoms with E-state index in [9.17, 15) is 0 Å².